The van der Waals surface area contributed by atoms with Crippen LogP contribution in [0.15, 0.2) is 0 Å². The Kier molecular flexibility index (Phi) is 5.77. The maximum atomic E-state index is 11.5. The molecule has 0 saturated heterocycles. The number of amides is 1. The Morgan fingerprint density at radius 1 is 1.31 bits per heavy atom. The molecule has 0 aliphatic heterocycles. The third-order valence-electron chi connectivity index (χ3n) is 3.37. The van der Waals surface area contributed by atoms with Crippen LogP contribution in [0.5, 0.6) is 0 Å². The molecule has 0 aromatic carbocycles. The predicted octanol–water partition coefficient (Wildman–Crippen LogP) is 0.784. The van der Waals surface area contributed by atoms with Gasteiger partial charge in [-0.3, -0.25) is 4.79 Å². The maximum Gasteiger partial charge on any atom is 0.220 e. The van der Waals surface area contributed by atoms with Crippen LogP contribution in [0.2, 0.25) is 0 Å². The quantitative estimate of drug-likeness (QED) is 0.511. The zero-order chi connectivity index (χ0) is 11.9. The molecule has 16 heavy (non-hydrogen) atoms. The molecule has 4 N–H and O–H groups in total. The third kappa shape index (κ3) is 4.94. The number of hydrogen-bond donors (Lipinski definition) is 3. The zero-order valence-corrected chi connectivity index (χ0v) is 10.0. The highest BCUT2D eigenvalue weighted by Gasteiger charge is 2.41. The first-order valence-corrected chi connectivity index (χ1v) is 6.30. The maximum absolute atomic E-state index is 11.5. The van der Waals surface area contributed by atoms with E-state index in [2.05, 4.69) is 5.32 Å². The van der Waals surface area contributed by atoms with Crippen molar-refractivity contribution in [2.75, 3.05) is 19.7 Å². The van der Waals surface area contributed by atoms with Gasteiger partial charge in [-0.15, -0.1) is 0 Å². The number of carbonyl (C=O) groups excluding carboxylic acids is 1. The molecular weight excluding hydrogens is 204 g/mol. The monoisotopic (exact) mass is 228 g/mol. The van der Waals surface area contributed by atoms with Gasteiger partial charge in [-0.2, -0.15) is 0 Å². The molecule has 0 aromatic rings. The van der Waals surface area contributed by atoms with Gasteiger partial charge in [0.1, 0.15) is 0 Å². The zero-order valence-electron chi connectivity index (χ0n) is 10.0. The van der Waals surface area contributed by atoms with Gasteiger partial charge < -0.3 is 16.2 Å². The molecule has 1 saturated carbocycles. The summed E-state index contributed by atoms with van der Waals surface area (Å²) >= 11 is 0. The second kappa shape index (κ2) is 6.86. The summed E-state index contributed by atoms with van der Waals surface area (Å²) < 4.78 is 0. The second-order valence-electron chi connectivity index (χ2n) is 4.85. The van der Waals surface area contributed by atoms with Crippen LogP contribution in [0.1, 0.15) is 44.9 Å². The Hall–Kier alpha value is -0.610. The van der Waals surface area contributed by atoms with Crippen molar-refractivity contribution >= 4 is 5.91 Å². The molecule has 4 heteroatoms. The highest BCUT2D eigenvalue weighted by Crippen LogP contribution is 2.47. The number of aliphatic hydroxyl groups is 1. The van der Waals surface area contributed by atoms with Gasteiger partial charge in [-0.05, 0) is 44.1 Å². The van der Waals surface area contributed by atoms with Gasteiger partial charge in [-0.1, -0.05) is 6.42 Å². The van der Waals surface area contributed by atoms with Gasteiger partial charge in [0.15, 0.2) is 0 Å². The number of nitrogens with one attached hydrogen (secondary N) is 1. The molecular formula is C12H24N2O2. The lowest BCUT2D eigenvalue weighted by atomic mass is 10.0. The van der Waals surface area contributed by atoms with Gasteiger partial charge in [0.25, 0.3) is 0 Å². The number of aliphatic hydroxyl groups excluding tert-OH is 1. The number of hydrogen-bond acceptors (Lipinski definition) is 3. The molecule has 94 valence electrons. The summed E-state index contributed by atoms with van der Waals surface area (Å²) in [5.74, 6) is 0.140. The van der Waals surface area contributed by atoms with Crippen molar-refractivity contribution < 1.29 is 9.90 Å². The summed E-state index contributed by atoms with van der Waals surface area (Å²) in [5, 5.41) is 11.8. The lowest BCUT2D eigenvalue weighted by Crippen LogP contribution is -2.30. The fourth-order valence-corrected chi connectivity index (χ4v) is 1.91. The fraction of sp³-hybridized carbons (Fsp3) is 0.917. The van der Waals surface area contributed by atoms with Crippen molar-refractivity contribution in [3.05, 3.63) is 0 Å². The summed E-state index contributed by atoms with van der Waals surface area (Å²) in [7, 11) is 0. The summed E-state index contributed by atoms with van der Waals surface area (Å²) in [6.45, 7) is 1.68. The van der Waals surface area contributed by atoms with E-state index in [9.17, 15) is 4.79 Å². The molecule has 1 fully saturated rings. The Morgan fingerprint density at radius 3 is 2.62 bits per heavy atom. The second-order valence-corrected chi connectivity index (χ2v) is 4.85. The van der Waals surface area contributed by atoms with Crippen LogP contribution in [-0.4, -0.2) is 30.7 Å². The van der Waals surface area contributed by atoms with E-state index in [0.717, 1.165) is 45.1 Å². The minimum absolute atomic E-state index is 0.140. The average Bonchev–Trinajstić information content (AvgIpc) is 3.03. The van der Waals surface area contributed by atoms with E-state index in [1.165, 1.54) is 0 Å². The van der Waals surface area contributed by atoms with Crippen LogP contribution in [0.4, 0.5) is 0 Å². The molecule has 4 nitrogen and oxygen atoms in total. The lowest BCUT2D eigenvalue weighted by Gasteiger charge is -2.14. The Morgan fingerprint density at radius 2 is 2.06 bits per heavy atom. The Balaban J connectivity index is 2.02. The van der Waals surface area contributed by atoms with E-state index < -0.39 is 0 Å². The van der Waals surface area contributed by atoms with Crippen LogP contribution in [0.25, 0.3) is 0 Å². The SMILES string of the molecule is NCCCCCC(=O)NCC1(CCO)CC1. The summed E-state index contributed by atoms with van der Waals surface area (Å²) in [6.07, 6.45) is 6.67. The van der Waals surface area contributed by atoms with Crippen molar-refractivity contribution in [2.45, 2.75) is 44.9 Å². The first-order valence-electron chi connectivity index (χ1n) is 6.30. The van der Waals surface area contributed by atoms with Crippen LogP contribution in [-0.2, 0) is 4.79 Å². The van der Waals surface area contributed by atoms with Crippen molar-refractivity contribution in [1.82, 2.24) is 5.32 Å². The van der Waals surface area contributed by atoms with E-state index >= 15 is 0 Å². The van der Waals surface area contributed by atoms with Crippen LogP contribution in [0, 0.1) is 5.41 Å². The van der Waals surface area contributed by atoms with E-state index in [0.29, 0.717) is 13.0 Å². The largest absolute Gasteiger partial charge is 0.396 e. The van der Waals surface area contributed by atoms with E-state index in [1.54, 1.807) is 0 Å². The highest BCUT2D eigenvalue weighted by molar-refractivity contribution is 5.75. The van der Waals surface area contributed by atoms with E-state index in [-0.39, 0.29) is 17.9 Å². The molecule has 0 unspecified atom stereocenters. The number of rotatable bonds is 9. The molecule has 0 aromatic heterocycles. The summed E-state index contributed by atoms with van der Waals surface area (Å²) in [6, 6.07) is 0. The molecule has 0 bridgehead atoms. The number of nitrogens with two attached hydrogens (primary N) is 1. The van der Waals surface area contributed by atoms with E-state index in [4.69, 9.17) is 10.8 Å². The Bertz CT molecular complexity index is 215. The summed E-state index contributed by atoms with van der Waals surface area (Å²) in [5.41, 5.74) is 5.60. The van der Waals surface area contributed by atoms with Crippen molar-refractivity contribution in [2.24, 2.45) is 11.1 Å². The topological polar surface area (TPSA) is 75.4 Å². The summed E-state index contributed by atoms with van der Waals surface area (Å²) in [4.78, 5) is 11.5. The van der Waals surface area contributed by atoms with E-state index in [1.807, 2.05) is 0 Å². The number of unbranched alkanes of at least 4 members (excludes halogenated alkanes) is 2. The standard InChI is InChI=1S/C12H24N2O2/c13-8-3-1-2-4-11(16)14-10-12(5-6-12)7-9-15/h15H,1-10,13H2,(H,14,16). The predicted molar refractivity (Wildman–Crippen MR) is 63.9 cm³/mol. The molecule has 0 radical (unpaired) electrons. The molecule has 0 heterocycles. The molecule has 1 aliphatic rings. The van der Waals surface area contributed by atoms with Crippen LogP contribution in [0.3, 0.4) is 0 Å². The van der Waals surface area contributed by atoms with Gasteiger partial charge >= 0.3 is 0 Å². The first-order chi connectivity index (χ1) is 7.72. The van der Waals surface area contributed by atoms with Gasteiger partial charge in [-0.25, -0.2) is 0 Å². The minimum atomic E-state index is 0.140. The molecule has 0 atom stereocenters. The first kappa shape index (κ1) is 13.5. The van der Waals surface area contributed by atoms with Gasteiger partial charge in [0, 0.05) is 19.6 Å². The van der Waals surface area contributed by atoms with Crippen molar-refractivity contribution in [3.63, 3.8) is 0 Å². The highest BCUT2D eigenvalue weighted by atomic mass is 16.3. The van der Waals surface area contributed by atoms with Crippen molar-refractivity contribution in [1.29, 1.82) is 0 Å². The van der Waals surface area contributed by atoms with Gasteiger partial charge in [0.05, 0.1) is 0 Å². The smallest absolute Gasteiger partial charge is 0.220 e. The molecule has 0 spiro atoms. The molecule has 1 aliphatic carbocycles. The van der Waals surface area contributed by atoms with Crippen LogP contribution < -0.4 is 11.1 Å². The third-order valence-corrected chi connectivity index (χ3v) is 3.37. The van der Waals surface area contributed by atoms with Crippen LogP contribution >= 0.6 is 0 Å². The molecule has 1 amide bonds. The normalized spacial score (nSPS) is 17.1. The molecule has 1 rings (SSSR count). The average molecular weight is 228 g/mol. The minimum Gasteiger partial charge on any atom is -0.396 e. The lowest BCUT2D eigenvalue weighted by molar-refractivity contribution is -0.121. The van der Waals surface area contributed by atoms with Crippen molar-refractivity contribution in [3.8, 4) is 0 Å². The number of carbonyl (C=O) groups is 1. The Labute approximate surface area is 97.6 Å². The van der Waals surface area contributed by atoms with Gasteiger partial charge in [0.2, 0.25) is 5.91 Å². The fourth-order valence-electron chi connectivity index (χ4n) is 1.91.